The molecule has 102 valence electrons. The van der Waals surface area contributed by atoms with E-state index in [1.54, 1.807) is 0 Å². The van der Waals surface area contributed by atoms with Gasteiger partial charge in [-0.05, 0) is 24.3 Å². The van der Waals surface area contributed by atoms with Gasteiger partial charge in [-0.25, -0.2) is 4.79 Å². The van der Waals surface area contributed by atoms with Gasteiger partial charge in [0.1, 0.15) is 0 Å². The fourth-order valence-electron chi connectivity index (χ4n) is 1.41. The highest BCUT2D eigenvalue weighted by Gasteiger charge is 2.09. The first-order chi connectivity index (χ1) is 9.56. The van der Waals surface area contributed by atoms with Crippen molar-refractivity contribution >= 4 is 23.5 Å². The molecule has 0 atom stereocenters. The van der Waals surface area contributed by atoms with Crippen molar-refractivity contribution in [3.63, 3.8) is 0 Å². The Balaban J connectivity index is 2.01. The summed E-state index contributed by atoms with van der Waals surface area (Å²) in [6.07, 6.45) is 1.37. The summed E-state index contributed by atoms with van der Waals surface area (Å²) in [4.78, 5) is 26.5. The van der Waals surface area contributed by atoms with Crippen LogP contribution in [-0.2, 0) is 6.54 Å². The summed E-state index contributed by atoms with van der Waals surface area (Å²) >= 11 is 5.57. The van der Waals surface area contributed by atoms with E-state index in [-0.39, 0.29) is 23.0 Å². The Hall–Kier alpha value is -2.54. The van der Waals surface area contributed by atoms with Gasteiger partial charge in [0.2, 0.25) is 0 Å². The number of carbonyl (C=O) groups excluding carboxylic acids is 1. The number of aromatic carboxylic acids is 1. The van der Waals surface area contributed by atoms with E-state index in [1.807, 2.05) is 0 Å². The number of nitrogens with one attached hydrogen (secondary N) is 1. The largest absolute Gasteiger partial charge is 0.478 e. The lowest BCUT2D eigenvalue weighted by atomic mass is 10.2. The van der Waals surface area contributed by atoms with E-state index in [9.17, 15) is 9.59 Å². The predicted molar refractivity (Wildman–Crippen MR) is 69.4 cm³/mol. The molecular weight excluding hydrogens is 284 g/mol. The number of hydrogen-bond donors (Lipinski definition) is 2. The quantitative estimate of drug-likeness (QED) is 0.876. The third-order valence-corrected chi connectivity index (χ3v) is 2.56. The number of carboxylic acid groups (broad SMARTS) is 1. The minimum Gasteiger partial charge on any atom is -0.478 e. The van der Waals surface area contributed by atoms with Crippen molar-refractivity contribution in [2.24, 2.45) is 0 Å². The Bertz CT molecular complexity index is 645. The van der Waals surface area contributed by atoms with Crippen molar-refractivity contribution in [3.05, 3.63) is 52.6 Å². The monoisotopic (exact) mass is 292 g/mol. The molecule has 0 saturated heterocycles. The summed E-state index contributed by atoms with van der Waals surface area (Å²) < 4.78 is 0. The van der Waals surface area contributed by atoms with Crippen LogP contribution in [0.25, 0.3) is 0 Å². The molecule has 0 aliphatic heterocycles. The molecule has 0 unspecified atom stereocenters. The van der Waals surface area contributed by atoms with Crippen LogP contribution in [-0.4, -0.2) is 32.2 Å². The first kappa shape index (κ1) is 13.9. The van der Waals surface area contributed by atoms with Crippen LogP contribution in [0, 0.1) is 0 Å². The lowest BCUT2D eigenvalue weighted by Gasteiger charge is -2.04. The van der Waals surface area contributed by atoms with Gasteiger partial charge < -0.3 is 10.4 Å². The number of carbonyl (C=O) groups is 2. The van der Waals surface area contributed by atoms with Gasteiger partial charge in [0.05, 0.1) is 17.8 Å². The Morgan fingerprint density at radius 2 is 2.05 bits per heavy atom. The maximum atomic E-state index is 11.7. The van der Waals surface area contributed by atoms with Gasteiger partial charge in [-0.2, -0.15) is 0 Å². The van der Waals surface area contributed by atoms with Crippen molar-refractivity contribution in [1.82, 2.24) is 20.5 Å². The van der Waals surface area contributed by atoms with Crippen LogP contribution in [0.4, 0.5) is 0 Å². The Labute approximate surface area is 118 Å². The molecule has 0 fully saturated rings. The number of hydrogen-bond acceptors (Lipinski definition) is 5. The van der Waals surface area contributed by atoms with Crippen LogP contribution in [0.1, 0.15) is 26.5 Å². The zero-order valence-corrected chi connectivity index (χ0v) is 10.8. The molecule has 0 bridgehead atoms. The van der Waals surface area contributed by atoms with E-state index in [4.69, 9.17) is 16.7 Å². The number of halogens is 1. The first-order valence-corrected chi connectivity index (χ1v) is 5.89. The van der Waals surface area contributed by atoms with Crippen molar-refractivity contribution < 1.29 is 14.7 Å². The smallest absolute Gasteiger partial charge is 0.335 e. The standard InChI is InChI=1S/C12H9ClN4O3/c13-10-2-1-9(16-17-10)11(18)15-6-8-5-7(12(19)20)3-4-14-8/h1-5H,6H2,(H,15,18)(H,19,20). The molecule has 20 heavy (non-hydrogen) atoms. The molecule has 2 N–H and O–H groups in total. The van der Waals surface area contributed by atoms with Crippen molar-refractivity contribution in [2.75, 3.05) is 0 Å². The molecule has 1 amide bonds. The predicted octanol–water partition coefficient (Wildman–Crippen LogP) is 1.15. The Morgan fingerprint density at radius 3 is 2.70 bits per heavy atom. The molecule has 0 aliphatic rings. The van der Waals surface area contributed by atoms with Gasteiger partial charge in [0.25, 0.3) is 5.91 Å². The Morgan fingerprint density at radius 1 is 1.25 bits per heavy atom. The zero-order valence-electron chi connectivity index (χ0n) is 10.1. The molecular formula is C12H9ClN4O3. The summed E-state index contributed by atoms with van der Waals surface area (Å²) in [5.74, 6) is -1.50. The third-order valence-electron chi connectivity index (χ3n) is 2.36. The number of carboxylic acids is 1. The maximum Gasteiger partial charge on any atom is 0.335 e. The lowest BCUT2D eigenvalue weighted by Crippen LogP contribution is -2.24. The highest BCUT2D eigenvalue weighted by atomic mass is 35.5. The number of aromatic nitrogens is 3. The molecule has 2 rings (SSSR count). The second-order valence-corrected chi connectivity index (χ2v) is 4.15. The average Bonchev–Trinajstić information content (AvgIpc) is 2.46. The number of pyridine rings is 1. The summed E-state index contributed by atoms with van der Waals surface area (Å²) in [6.45, 7) is 0.0876. The highest BCUT2D eigenvalue weighted by Crippen LogP contribution is 2.04. The highest BCUT2D eigenvalue weighted by molar-refractivity contribution is 6.29. The molecule has 0 aromatic carbocycles. The number of amides is 1. The topological polar surface area (TPSA) is 105 Å². The van der Waals surface area contributed by atoms with E-state index in [0.717, 1.165) is 0 Å². The van der Waals surface area contributed by atoms with Gasteiger partial charge in [-0.1, -0.05) is 11.6 Å². The van der Waals surface area contributed by atoms with Crippen LogP contribution in [0.2, 0.25) is 5.15 Å². The fraction of sp³-hybridized carbons (Fsp3) is 0.0833. The summed E-state index contributed by atoms with van der Waals surface area (Å²) in [5, 5.41) is 18.8. The second kappa shape index (κ2) is 6.07. The van der Waals surface area contributed by atoms with E-state index >= 15 is 0 Å². The van der Waals surface area contributed by atoms with Gasteiger partial charge in [-0.15, -0.1) is 10.2 Å². The number of nitrogens with zero attached hydrogens (tertiary/aromatic N) is 3. The maximum absolute atomic E-state index is 11.7. The van der Waals surface area contributed by atoms with Crippen LogP contribution < -0.4 is 5.32 Å². The van der Waals surface area contributed by atoms with E-state index in [1.165, 1.54) is 30.5 Å². The van der Waals surface area contributed by atoms with Gasteiger partial charge in [0, 0.05) is 6.20 Å². The van der Waals surface area contributed by atoms with Crippen LogP contribution >= 0.6 is 11.6 Å². The van der Waals surface area contributed by atoms with Crippen LogP contribution in [0.5, 0.6) is 0 Å². The van der Waals surface area contributed by atoms with Crippen molar-refractivity contribution in [1.29, 1.82) is 0 Å². The molecule has 0 spiro atoms. The SMILES string of the molecule is O=C(O)c1ccnc(CNC(=O)c2ccc(Cl)nn2)c1. The molecule has 2 heterocycles. The first-order valence-electron chi connectivity index (χ1n) is 5.52. The van der Waals surface area contributed by atoms with Gasteiger partial charge in [-0.3, -0.25) is 9.78 Å². The van der Waals surface area contributed by atoms with Crippen molar-refractivity contribution in [2.45, 2.75) is 6.54 Å². The minimum absolute atomic E-state index is 0.0876. The van der Waals surface area contributed by atoms with Gasteiger partial charge in [0.15, 0.2) is 10.8 Å². The van der Waals surface area contributed by atoms with E-state index in [2.05, 4.69) is 20.5 Å². The molecule has 2 aromatic rings. The third kappa shape index (κ3) is 3.48. The van der Waals surface area contributed by atoms with Crippen molar-refractivity contribution in [3.8, 4) is 0 Å². The average molecular weight is 293 g/mol. The van der Waals surface area contributed by atoms with E-state index < -0.39 is 11.9 Å². The minimum atomic E-state index is -1.05. The second-order valence-electron chi connectivity index (χ2n) is 3.76. The fourth-order valence-corrected chi connectivity index (χ4v) is 1.51. The summed E-state index contributed by atoms with van der Waals surface area (Å²) in [6, 6.07) is 5.65. The molecule has 0 aliphatic carbocycles. The summed E-state index contributed by atoms with van der Waals surface area (Å²) in [7, 11) is 0. The van der Waals surface area contributed by atoms with Crippen LogP contribution in [0.3, 0.4) is 0 Å². The van der Waals surface area contributed by atoms with Crippen LogP contribution in [0.15, 0.2) is 30.5 Å². The zero-order chi connectivity index (χ0) is 14.5. The molecule has 7 nitrogen and oxygen atoms in total. The summed E-state index contributed by atoms with van der Waals surface area (Å²) in [5.41, 5.74) is 0.652. The molecule has 0 saturated carbocycles. The van der Waals surface area contributed by atoms with E-state index in [0.29, 0.717) is 5.69 Å². The van der Waals surface area contributed by atoms with Gasteiger partial charge >= 0.3 is 5.97 Å². The molecule has 2 aromatic heterocycles. The Kier molecular flexibility index (Phi) is 4.21. The molecule has 8 heteroatoms. The molecule has 0 radical (unpaired) electrons. The lowest BCUT2D eigenvalue weighted by molar-refractivity contribution is 0.0696. The number of rotatable bonds is 4. The normalized spacial score (nSPS) is 10.1.